The predicted molar refractivity (Wildman–Crippen MR) is 87.2 cm³/mol. The Bertz CT molecular complexity index is 761. The molecule has 2 aliphatic rings. The number of nitrogens with zero attached hydrogens (tertiary/aromatic N) is 4. The molecule has 0 saturated carbocycles. The molecule has 8 heteroatoms. The number of nitrogens with one attached hydrogen (secondary N) is 1. The number of urea groups is 1. The molecule has 0 spiro atoms. The molecular formula is C17H20FN5O2. The second-order valence-corrected chi connectivity index (χ2v) is 6.30. The van der Waals surface area contributed by atoms with E-state index >= 15 is 0 Å². The van der Waals surface area contributed by atoms with Gasteiger partial charge in [-0.1, -0.05) is 12.1 Å². The number of ether oxygens (including phenoxy) is 1. The van der Waals surface area contributed by atoms with Crippen LogP contribution < -0.4 is 5.32 Å². The number of aromatic nitrogens is 3. The van der Waals surface area contributed by atoms with E-state index in [1.807, 2.05) is 0 Å². The highest BCUT2D eigenvalue weighted by Gasteiger charge is 2.26. The largest absolute Gasteiger partial charge is 0.370 e. The Hall–Kier alpha value is -2.48. The minimum atomic E-state index is -0.282. The summed E-state index contributed by atoms with van der Waals surface area (Å²) in [6.45, 7) is 2.70. The second-order valence-electron chi connectivity index (χ2n) is 6.30. The number of aryl methyl sites for hydroxylation is 1. The Morgan fingerprint density at radius 1 is 1.28 bits per heavy atom. The summed E-state index contributed by atoms with van der Waals surface area (Å²) in [4.78, 5) is 14.2. The molecule has 1 atom stereocenters. The van der Waals surface area contributed by atoms with Gasteiger partial charge in [-0.2, -0.15) is 0 Å². The standard InChI is InChI=1S/C17H20FN5O2/c18-13-5-3-12(4-6-13)14-11-22(8-9-25-14)17(24)19-10-16-21-20-15-2-1-7-23(15)16/h3-6,14H,1-2,7-11H2,(H,19,24)/t14-/m1/s1. The maximum Gasteiger partial charge on any atom is 0.317 e. The Morgan fingerprint density at radius 3 is 2.96 bits per heavy atom. The van der Waals surface area contributed by atoms with Crippen LogP contribution in [0.2, 0.25) is 0 Å². The van der Waals surface area contributed by atoms with Crippen molar-refractivity contribution in [2.45, 2.75) is 32.0 Å². The van der Waals surface area contributed by atoms with E-state index in [4.69, 9.17) is 4.74 Å². The molecule has 1 aromatic heterocycles. The van der Waals surface area contributed by atoms with Crippen molar-refractivity contribution < 1.29 is 13.9 Å². The van der Waals surface area contributed by atoms with Crippen molar-refractivity contribution in [3.05, 3.63) is 47.3 Å². The third kappa shape index (κ3) is 3.34. The number of carbonyl (C=O) groups excluding carboxylic acids is 1. The lowest BCUT2D eigenvalue weighted by molar-refractivity contribution is -0.0155. The van der Waals surface area contributed by atoms with Crippen LogP contribution in [0.3, 0.4) is 0 Å². The van der Waals surface area contributed by atoms with Gasteiger partial charge in [0.25, 0.3) is 0 Å². The van der Waals surface area contributed by atoms with Crippen LogP contribution in [-0.4, -0.2) is 45.4 Å². The van der Waals surface area contributed by atoms with Crippen LogP contribution in [0.25, 0.3) is 0 Å². The van der Waals surface area contributed by atoms with Crippen LogP contribution in [-0.2, 0) is 24.2 Å². The highest BCUT2D eigenvalue weighted by atomic mass is 19.1. The molecule has 1 N–H and O–H groups in total. The van der Waals surface area contributed by atoms with Crippen molar-refractivity contribution >= 4 is 6.03 Å². The molecular weight excluding hydrogens is 325 g/mol. The van der Waals surface area contributed by atoms with Crippen molar-refractivity contribution in [1.82, 2.24) is 25.0 Å². The minimum Gasteiger partial charge on any atom is -0.370 e. The van der Waals surface area contributed by atoms with Crippen molar-refractivity contribution in [3.63, 3.8) is 0 Å². The van der Waals surface area contributed by atoms with Gasteiger partial charge in [0.2, 0.25) is 0 Å². The van der Waals surface area contributed by atoms with Gasteiger partial charge in [-0.15, -0.1) is 10.2 Å². The molecule has 2 amide bonds. The topological polar surface area (TPSA) is 72.3 Å². The summed E-state index contributed by atoms with van der Waals surface area (Å²) < 4.78 is 20.9. The summed E-state index contributed by atoms with van der Waals surface area (Å²) in [5.41, 5.74) is 0.870. The van der Waals surface area contributed by atoms with Crippen molar-refractivity contribution in [1.29, 1.82) is 0 Å². The molecule has 25 heavy (non-hydrogen) atoms. The fourth-order valence-corrected chi connectivity index (χ4v) is 3.32. The van der Waals surface area contributed by atoms with Crippen molar-refractivity contribution in [2.24, 2.45) is 0 Å². The van der Waals surface area contributed by atoms with Gasteiger partial charge in [0.05, 0.1) is 19.7 Å². The average Bonchev–Trinajstić information content (AvgIpc) is 3.24. The number of benzene rings is 1. The summed E-state index contributed by atoms with van der Waals surface area (Å²) >= 11 is 0. The van der Waals surface area contributed by atoms with Gasteiger partial charge >= 0.3 is 6.03 Å². The zero-order valence-electron chi connectivity index (χ0n) is 13.8. The van der Waals surface area contributed by atoms with Crippen LogP contribution in [0.5, 0.6) is 0 Å². The smallest absolute Gasteiger partial charge is 0.317 e. The van der Waals surface area contributed by atoms with Gasteiger partial charge < -0.3 is 19.5 Å². The minimum absolute atomic E-state index is 0.147. The first-order chi connectivity index (χ1) is 12.2. The molecule has 1 fully saturated rings. The SMILES string of the molecule is O=C(NCc1nnc2n1CCC2)N1CCO[C@@H](c2ccc(F)cc2)C1. The third-order valence-corrected chi connectivity index (χ3v) is 4.68. The molecule has 0 bridgehead atoms. The van der Waals surface area contributed by atoms with Gasteiger partial charge in [0.1, 0.15) is 17.7 Å². The second kappa shape index (κ2) is 6.79. The maximum absolute atomic E-state index is 13.1. The van der Waals surface area contributed by atoms with Gasteiger partial charge in [0.15, 0.2) is 5.82 Å². The zero-order chi connectivity index (χ0) is 17.2. The van der Waals surface area contributed by atoms with Crippen LogP contribution in [0.4, 0.5) is 9.18 Å². The number of rotatable bonds is 3. The van der Waals surface area contributed by atoms with Crippen molar-refractivity contribution in [3.8, 4) is 0 Å². The first-order valence-electron chi connectivity index (χ1n) is 8.51. The summed E-state index contributed by atoms with van der Waals surface area (Å²) in [6, 6.07) is 6.06. The highest BCUT2D eigenvalue weighted by molar-refractivity contribution is 5.74. The predicted octanol–water partition coefficient (Wildman–Crippen LogP) is 1.65. The first-order valence-corrected chi connectivity index (χ1v) is 8.51. The van der Waals surface area contributed by atoms with Crippen LogP contribution in [0.15, 0.2) is 24.3 Å². The van der Waals surface area contributed by atoms with Crippen LogP contribution in [0.1, 0.15) is 29.7 Å². The molecule has 1 saturated heterocycles. The number of hydrogen-bond acceptors (Lipinski definition) is 4. The molecule has 3 heterocycles. The van der Waals surface area contributed by atoms with E-state index in [1.165, 1.54) is 12.1 Å². The van der Waals surface area contributed by atoms with Crippen molar-refractivity contribution in [2.75, 3.05) is 19.7 Å². The van der Waals surface area contributed by atoms with Gasteiger partial charge in [-0.3, -0.25) is 0 Å². The molecule has 2 aliphatic heterocycles. The number of morpholine rings is 1. The Kier molecular flexibility index (Phi) is 4.35. The van der Waals surface area contributed by atoms with E-state index < -0.39 is 0 Å². The molecule has 7 nitrogen and oxygen atoms in total. The number of hydrogen-bond donors (Lipinski definition) is 1. The number of halogens is 1. The summed E-state index contributed by atoms with van der Waals surface area (Å²) in [7, 11) is 0. The lowest BCUT2D eigenvalue weighted by Crippen LogP contribution is -2.47. The fraction of sp³-hybridized carbons (Fsp3) is 0.471. The normalized spacial score (nSPS) is 19.7. The number of fused-ring (bicyclic) bond motifs is 1. The van der Waals surface area contributed by atoms with Crippen LogP contribution in [0, 0.1) is 5.82 Å². The average molecular weight is 345 g/mol. The summed E-state index contributed by atoms with van der Waals surface area (Å²) in [6.07, 6.45) is 1.79. The lowest BCUT2D eigenvalue weighted by Gasteiger charge is -2.33. The Labute approximate surface area is 144 Å². The Morgan fingerprint density at radius 2 is 2.12 bits per heavy atom. The molecule has 4 rings (SSSR count). The van der Waals surface area contributed by atoms with E-state index in [9.17, 15) is 9.18 Å². The molecule has 0 unspecified atom stereocenters. The highest BCUT2D eigenvalue weighted by Crippen LogP contribution is 2.22. The van der Waals surface area contributed by atoms with E-state index in [0.29, 0.717) is 26.2 Å². The van der Waals surface area contributed by atoms with Gasteiger partial charge in [0, 0.05) is 19.5 Å². The molecule has 0 aliphatic carbocycles. The Balaban J connectivity index is 1.35. The van der Waals surface area contributed by atoms with Crippen LogP contribution >= 0.6 is 0 Å². The monoisotopic (exact) mass is 345 g/mol. The summed E-state index contributed by atoms with van der Waals surface area (Å²) in [5, 5.41) is 11.2. The number of carbonyl (C=O) groups is 1. The van der Waals surface area contributed by atoms with E-state index in [-0.39, 0.29) is 18.0 Å². The maximum atomic E-state index is 13.1. The molecule has 1 aromatic carbocycles. The van der Waals surface area contributed by atoms with E-state index in [1.54, 1.807) is 17.0 Å². The third-order valence-electron chi connectivity index (χ3n) is 4.68. The first kappa shape index (κ1) is 16.0. The number of amides is 2. The zero-order valence-corrected chi connectivity index (χ0v) is 13.8. The lowest BCUT2D eigenvalue weighted by atomic mass is 10.1. The quantitative estimate of drug-likeness (QED) is 0.918. The van der Waals surface area contributed by atoms with E-state index in [2.05, 4.69) is 20.1 Å². The molecule has 132 valence electrons. The molecule has 0 radical (unpaired) electrons. The fourth-order valence-electron chi connectivity index (χ4n) is 3.32. The van der Waals surface area contributed by atoms with E-state index in [0.717, 1.165) is 36.6 Å². The van der Waals surface area contributed by atoms with Gasteiger partial charge in [-0.25, -0.2) is 9.18 Å². The molecule has 2 aromatic rings. The summed E-state index contributed by atoms with van der Waals surface area (Å²) in [5.74, 6) is 1.51. The van der Waals surface area contributed by atoms with Gasteiger partial charge in [-0.05, 0) is 24.1 Å².